The van der Waals surface area contributed by atoms with Crippen LogP contribution in [0.5, 0.6) is 0 Å². The largest absolute Gasteiger partial charge is 0.135 e. The second-order valence-corrected chi connectivity index (χ2v) is 11.0. The first kappa shape index (κ1) is 20.7. The molecule has 3 heteroatoms. The Morgan fingerprint density at radius 2 is 1.00 bits per heavy atom. The Labute approximate surface area is 196 Å². The maximum Gasteiger partial charge on any atom is 0.0358 e. The lowest BCUT2D eigenvalue weighted by Gasteiger charge is -2.08. The topological polar surface area (TPSA) is 0 Å². The normalized spacial score (nSPS) is 11.4. The summed E-state index contributed by atoms with van der Waals surface area (Å²) in [6.45, 7) is 4.48. The van der Waals surface area contributed by atoms with Gasteiger partial charge in [0.2, 0.25) is 0 Å². The fraction of sp³-hybridized carbons (Fsp3) is 0.143. The van der Waals surface area contributed by atoms with E-state index in [1.807, 2.05) is 34.9 Å². The zero-order valence-corrected chi connectivity index (χ0v) is 20.2. The summed E-state index contributed by atoms with van der Waals surface area (Å²) in [6, 6.07) is 31.1. The lowest BCUT2D eigenvalue weighted by Crippen LogP contribution is -1.84. The molecule has 0 aliphatic carbocycles. The van der Waals surface area contributed by atoms with Crippen LogP contribution in [-0.4, -0.2) is 0 Å². The van der Waals surface area contributed by atoms with Gasteiger partial charge in [-0.2, -0.15) is 0 Å². The first-order valence-corrected chi connectivity index (χ1v) is 13.3. The highest BCUT2D eigenvalue weighted by molar-refractivity contribution is 7.98. The van der Waals surface area contributed by atoms with Crippen LogP contribution in [0.2, 0.25) is 0 Å². The lowest BCUT2D eigenvalue weighted by atomic mass is 10.1. The number of fused-ring (bicyclic) bond motifs is 3. The Hall–Kier alpha value is -2.20. The predicted octanol–water partition coefficient (Wildman–Crippen LogP) is 9.26. The molecule has 0 radical (unpaired) electrons. The van der Waals surface area contributed by atoms with E-state index in [1.54, 1.807) is 0 Å². The third-order valence-electron chi connectivity index (χ3n) is 5.54. The van der Waals surface area contributed by atoms with E-state index < -0.39 is 0 Å². The van der Waals surface area contributed by atoms with Crippen molar-refractivity contribution in [1.82, 2.24) is 0 Å². The fourth-order valence-electron chi connectivity index (χ4n) is 3.81. The maximum atomic E-state index is 2.41. The van der Waals surface area contributed by atoms with Gasteiger partial charge in [0.15, 0.2) is 0 Å². The number of hydrogen-bond donors (Lipinski definition) is 0. The van der Waals surface area contributed by atoms with Crippen molar-refractivity contribution in [3.05, 3.63) is 107 Å². The third kappa shape index (κ3) is 4.55. The van der Waals surface area contributed by atoms with Crippen molar-refractivity contribution in [1.29, 1.82) is 0 Å². The molecule has 0 aliphatic rings. The summed E-state index contributed by atoms with van der Waals surface area (Å²) < 4.78 is 2.78. The van der Waals surface area contributed by atoms with Crippen LogP contribution < -0.4 is 0 Å². The number of rotatable bonds is 6. The maximum absolute atomic E-state index is 2.41. The van der Waals surface area contributed by atoms with E-state index in [1.165, 1.54) is 52.2 Å². The van der Waals surface area contributed by atoms with Crippen LogP contribution in [-0.2, 0) is 11.5 Å². The summed E-state index contributed by atoms with van der Waals surface area (Å²) in [5.41, 5.74) is 5.49. The standard InChI is InChI=1S/C28H24S3/c1-19-13-27-23(15-25(19)29-17-21-9-5-3-6-10-21)24-16-26(20(2)14-28(24)31-27)30-18-22-11-7-4-8-12-22/h3-16H,17-18H2,1-2H3. The summed E-state index contributed by atoms with van der Waals surface area (Å²) in [5.74, 6) is 2.01. The van der Waals surface area contributed by atoms with Gasteiger partial charge in [-0.15, -0.1) is 34.9 Å². The smallest absolute Gasteiger partial charge is 0.0358 e. The molecule has 5 rings (SSSR count). The molecule has 5 aromatic rings. The first-order valence-electron chi connectivity index (χ1n) is 10.5. The van der Waals surface area contributed by atoms with Gasteiger partial charge in [-0.1, -0.05) is 60.7 Å². The van der Waals surface area contributed by atoms with Gasteiger partial charge >= 0.3 is 0 Å². The monoisotopic (exact) mass is 456 g/mol. The Balaban J connectivity index is 1.48. The summed E-state index contributed by atoms with van der Waals surface area (Å²) in [6.07, 6.45) is 0. The molecule has 0 fully saturated rings. The molecule has 0 unspecified atom stereocenters. The molecule has 0 atom stereocenters. The highest BCUT2D eigenvalue weighted by Gasteiger charge is 2.12. The minimum Gasteiger partial charge on any atom is -0.135 e. The SMILES string of the molecule is Cc1cc2sc3cc(C)c(SCc4ccccc4)cc3c2cc1SCc1ccccc1. The van der Waals surface area contributed by atoms with Gasteiger partial charge in [-0.3, -0.25) is 0 Å². The van der Waals surface area contributed by atoms with E-state index in [0.717, 1.165) is 11.5 Å². The van der Waals surface area contributed by atoms with Crippen LogP contribution in [0.3, 0.4) is 0 Å². The number of thiophene rings is 1. The van der Waals surface area contributed by atoms with Crippen molar-refractivity contribution in [3.63, 3.8) is 0 Å². The van der Waals surface area contributed by atoms with Crippen LogP contribution >= 0.6 is 34.9 Å². The van der Waals surface area contributed by atoms with Crippen molar-refractivity contribution < 1.29 is 0 Å². The molecule has 0 bridgehead atoms. The predicted molar refractivity (Wildman–Crippen MR) is 141 cm³/mol. The molecule has 0 amide bonds. The first-order chi connectivity index (χ1) is 15.2. The van der Waals surface area contributed by atoms with Crippen LogP contribution in [0.1, 0.15) is 22.3 Å². The second kappa shape index (κ2) is 9.12. The fourth-order valence-corrected chi connectivity index (χ4v) is 7.08. The molecule has 0 aliphatic heterocycles. The summed E-state index contributed by atoms with van der Waals surface area (Å²) in [4.78, 5) is 2.77. The highest BCUT2D eigenvalue weighted by atomic mass is 32.2. The van der Waals surface area contributed by atoms with E-state index in [0.29, 0.717) is 0 Å². The molecule has 154 valence electrons. The quantitative estimate of drug-likeness (QED) is 0.233. The van der Waals surface area contributed by atoms with Crippen LogP contribution in [0, 0.1) is 13.8 Å². The summed E-state index contributed by atoms with van der Waals surface area (Å²) >= 11 is 5.80. The molecule has 0 saturated heterocycles. The minimum atomic E-state index is 1.01. The Kier molecular flexibility index (Phi) is 6.08. The van der Waals surface area contributed by atoms with Gasteiger partial charge in [0, 0.05) is 41.5 Å². The number of hydrogen-bond acceptors (Lipinski definition) is 3. The van der Waals surface area contributed by atoms with E-state index in [-0.39, 0.29) is 0 Å². The Morgan fingerprint density at radius 3 is 1.42 bits per heavy atom. The highest BCUT2D eigenvalue weighted by Crippen LogP contribution is 2.41. The van der Waals surface area contributed by atoms with Crippen molar-refractivity contribution in [3.8, 4) is 0 Å². The Morgan fingerprint density at radius 1 is 0.581 bits per heavy atom. The van der Waals surface area contributed by atoms with Gasteiger partial charge < -0.3 is 0 Å². The molecular formula is C28H24S3. The van der Waals surface area contributed by atoms with Gasteiger partial charge in [0.05, 0.1) is 0 Å². The number of benzene rings is 4. The zero-order valence-electron chi connectivity index (χ0n) is 17.7. The molecule has 0 spiro atoms. The van der Waals surface area contributed by atoms with Crippen molar-refractivity contribution in [2.45, 2.75) is 35.1 Å². The van der Waals surface area contributed by atoms with Crippen molar-refractivity contribution >= 4 is 55.0 Å². The molecule has 1 aromatic heterocycles. The Bertz CT molecular complexity index is 1230. The van der Waals surface area contributed by atoms with Gasteiger partial charge in [0.25, 0.3) is 0 Å². The molecule has 0 saturated carbocycles. The van der Waals surface area contributed by atoms with Crippen LogP contribution in [0.15, 0.2) is 94.7 Å². The molecule has 0 nitrogen and oxygen atoms in total. The van der Waals surface area contributed by atoms with Gasteiger partial charge in [-0.05, 0) is 60.4 Å². The number of thioether (sulfide) groups is 2. The average molecular weight is 457 g/mol. The van der Waals surface area contributed by atoms with Crippen molar-refractivity contribution in [2.75, 3.05) is 0 Å². The number of aryl methyl sites for hydroxylation is 2. The summed E-state index contributed by atoms with van der Waals surface area (Å²) in [5, 5.41) is 2.78. The second-order valence-electron chi connectivity index (χ2n) is 7.88. The van der Waals surface area contributed by atoms with Gasteiger partial charge in [-0.25, -0.2) is 0 Å². The van der Waals surface area contributed by atoms with Crippen molar-refractivity contribution in [2.24, 2.45) is 0 Å². The van der Waals surface area contributed by atoms with E-state index in [4.69, 9.17) is 0 Å². The molecule has 31 heavy (non-hydrogen) atoms. The van der Waals surface area contributed by atoms with Crippen LogP contribution in [0.25, 0.3) is 20.2 Å². The molecule has 4 aromatic carbocycles. The van der Waals surface area contributed by atoms with Gasteiger partial charge in [0.1, 0.15) is 0 Å². The minimum absolute atomic E-state index is 1.01. The summed E-state index contributed by atoms with van der Waals surface area (Å²) in [7, 11) is 0. The van der Waals surface area contributed by atoms with E-state index in [9.17, 15) is 0 Å². The third-order valence-corrected chi connectivity index (χ3v) is 9.11. The molecular weight excluding hydrogens is 433 g/mol. The zero-order chi connectivity index (χ0) is 21.2. The van der Waals surface area contributed by atoms with E-state index in [2.05, 4.69) is 98.8 Å². The van der Waals surface area contributed by atoms with E-state index >= 15 is 0 Å². The lowest BCUT2D eigenvalue weighted by molar-refractivity contribution is 1.31. The molecule has 0 N–H and O–H groups in total. The molecule has 1 heterocycles. The average Bonchev–Trinajstić information content (AvgIpc) is 3.13. The van der Waals surface area contributed by atoms with Crippen LogP contribution in [0.4, 0.5) is 0 Å².